The van der Waals surface area contributed by atoms with Gasteiger partial charge in [-0.2, -0.15) is 0 Å². The Kier molecular flexibility index (Phi) is 6.87. The van der Waals surface area contributed by atoms with Gasteiger partial charge in [0.25, 0.3) is 0 Å². The van der Waals surface area contributed by atoms with Crippen molar-refractivity contribution in [2.75, 3.05) is 13.7 Å². The van der Waals surface area contributed by atoms with Crippen molar-refractivity contribution >= 4 is 5.97 Å². The molecule has 0 spiro atoms. The second kappa shape index (κ2) is 8.53. The minimum atomic E-state index is -0.733. The van der Waals surface area contributed by atoms with Gasteiger partial charge in [0.2, 0.25) is 0 Å². The fraction of sp³-hybridized carbons (Fsp3) is 0.500. The standard InChI is InChI=1S/C14H20O4/c1-17-11-12-6-5-7-13(10-12)18-9-4-2-3-8-14(15)16/h5-7,10H,2-4,8-9,11H2,1H3,(H,15,16). The van der Waals surface area contributed by atoms with Crippen molar-refractivity contribution in [2.45, 2.75) is 32.3 Å². The number of benzene rings is 1. The van der Waals surface area contributed by atoms with Gasteiger partial charge in [-0.05, 0) is 37.0 Å². The summed E-state index contributed by atoms with van der Waals surface area (Å²) >= 11 is 0. The van der Waals surface area contributed by atoms with Crippen LogP contribution in [0.3, 0.4) is 0 Å². The first-order valence-corrected chi connectivity index (χ1v) is 6.15. The van der Waals surface area contributed by atoms with E-state index in [1.807, 2.05) is 24.3 Å². The molecule has 0 unspecified atom stereocenters. The Morgan fingerprint density at radius 2 is 2.11 bits per heavy atom. The first-order chi connectivity index (χ1) is 8.72. The van der Waals surface area contributed by atoms with Crippen molar-refractivity contribution in [3.8, 4) is 5.75 Å². The van der Waals surface area contributed by atoms with Crippen LogP contribution >= 0.6 is 0 Å². The fourth-order valence-electron chi connectivity index (χ4n) is 1.64. The van der Waals surface area contributed by atoms with E-state index >= 15 is 0 Å². The molecular weight excluding hydrogens is 232 g/mol. The van der Waals surface area contributed by atoms with E-state index in [4.69, 9.17) is 14.6 Å². The number of methoxy groups -OCH3 is 1. The lowest BCUT2D eigenvalue weighted by Crippen LogP contribution is -1.99. The molecule has 0 aromatic heterocycles. The smallest absolute Gasteiger partial charge is 0.303 e. The highest BCUT2D eigenvalue weighted by molar-refractivity contribution is 5.66. The summed E-state index contributed by atoms with van der Waals surface area (Å²) in [6.45, 7) is 1.20. The molecule has 0 fully saturated rings. The topological polar surface area (TPSA) is 55.8 Å². The molecule has 0 aliphatic rings. The molecule has 1 aromatic rings. The number of rotatable bonds is 9. The zero-order chi connectivity index (χ0) is 13.2. The molecule has 1 aromatic carbocycles. The SMILES string of the molecule is COCc1cccc(OCCCCCC(=O)O)c1. The molecule has 100 valence electrons. The van der Waals surface area contributed by atoms with E-state index in [1.54, 1.807) is 7.11 Å². The first-order valence-electron chi connectivity index (χ1n) is 6.15. The van der Waals surface area contributed by atoms with Crippen LogP contribution in [0, 0.1) is 0 Å². The van der Waals surface area contributed by atoms with Gasteiger partial charge < -0.3 is 14.6 Å². The van der Waals surface area contributed by atoms with Gasteiger partial charge in [0, 0.05) is 13.5 Å². The number of aliphatic carboxylic acids is 1. The average Bonchev–Trinajstić information content (AvgIpc) is 2.34. The Hall–Kier alpha value is -1.55. The molecule has 4 heteroatoms. The maximum atomic E-state index is 10.3. The molecule has 18 heavy (non-hydrogen) atoms. The summed E-state index contributed by atoms with van der Waals surface area (Å²) in [5.41, 5.74) is 1.08. The summed E-state index contributed by atoms with van der Waals surface area (Å²) in [6, 6.07) is 7.80. The third-order valence-corrected chi connectivity index (χ3v) is 2.51. The Morgan fingerprint density at radius 3 is 2.83 bits per heavy atom. The predicted molar refractivity (Wildman–Crippen MR) is 68.8 cm³/mol. The fourth-order valence-corrected chi connectivity index (χ4v) is 1.64. The van der Waals surface area contributed by atoms with Crippen LogP contribution in [-0.4, -0.2) is 24.8 Å². The number of carbonyl (C=O) groups is 1. The van der Waals surface area contributed by atoms with Crippen molar-refractivity contribution in [2.24, 2.45) is 0 Å². The van der Waals surface area contributed by atoms with Crippen LogP contribution in [0.15, 0.2) is 24.3 Å². The summed E-state index contributed by atoms with van der Waals surface area (Å²) < 4.78 is 10.6. The van der Waals surface area contributed by atoms with Crippen LogP contribution in [0.2, 0.25) is 0 Å². The summed E-state index contributed by atoms with van der Waals surface area (Å²) in [7, 11) is 1.66. The minimum absolute atomic E-state index is 0.239. The monoisotopic (exact) mass is 252 g/mol. The second-order valence-corrected chi connectivity index (χ2v) is 4.13. The molecule has 0 aliphatic heterocycles. The molecule has 1 rings (SSSR count). The van der Waals surface area contributed by atoms with E-state index < -0.39 is 5.97 Å². The Labute approximate surface area is 108 Å². The zero-order valence-electron chi connectivity index (χ0n) is 10.7. The van der Waals surface area contributed by atoms with E-state index in [9.17, 15) is 4.79 Å². The van der Waals surface area contributed by atoms with E-state index in [2.05, 4.69) is 0 Å². The molecule has 1 N–H and O–H groups in total. The number of carboxylic acids is 1. The van der Waals surface area contributed by atoms with Gasteiger partial charge in [0.1, 0.15) is 5.75 Å². The van der Waals surface area contributed by atoms with E-state index in [0.29, 0.717) is 19.6 Å². The number of hydrogen-bond donors (Lipinski definition) is 1. The molecular formula is C14H20O4. The number of carboxylic acid groups (broad SMARTS) is 1. The Bertz CT molecular complexity index is 363. The van der Waals surface area contributed by atoms with E-state index in [0.717, 1.165) is 24.2 Å². The normalized spacial score (nSPS) is 10.3. The van der Waals surface area contributed by atoms with Crippen molar-refractivity contribution in [3.63, 3.8) is 0 Å². The van der Waals surface area contributed by atoms with Gasteiger partial charge in [-0.25, -0.2) is 0 Å². The highest BCUT2D eigenvalue weighted by Gasteiger charge is 1.98. The largest absolute Gasteiger partial charge is 0.494 e. The quantitative estimate of drug-likeness (QED) is 0.687. The third-order valence-electron chi connectivity index (χ3n) is 2.51. The van der Waals surface area contributed by atoms with Crippen molar-refractivity contribution in [1.82, 2.24) is 0 Å². The second-order valence-electron chi connectivity index (χ2n) is 4.13. The lowest BCUT2D eigenvalue weighted by Gasteiger charge is -2.07. The average molecular weight is 252 g/mol. The zero-order valence-corrected chi connectivity index (χ0v) is 10.7. The van der Waals surface area contributed by atoms with Gasteiger partial charge in [-0.15, -0.1) is 0 Å². The highest BCUT2D eigenvalue weighted by Crippen LogP contribution is 2.14. The molecule has 0 heterocycles. The van der Waals surface area contributed by atoms with Gasteiger partial charge >= 0.3 is 5.97 Å². The number of hydrogen-bond acceptors (Lipinski definition) is 3. The van der Waals surface area contributed by atoms with Crippen molar-refractivity contribution in [3.05, 3.63) is 29.8 Å². The van der Waals surface area contributed by atoms with Crippen LogP contribution < -0.4 is 4.74 Å². The van der Waals surface area contributed by atoms with Gasteiger partial charge in [-0.3, -0.25) is 4.79 Å². The van der Waals surface area contributed by atoms with Crippen LogP contribution in [0.5, 0.6) is 5.75 Å². The Balaban J connectivity index is 2.18. The molecule has 0 bridgehead atoms. The van der Waals surface area contributed by atoms with Gasteiger partial charge in [0.05, 0.1) is 13.2 Å². The maximum absolute atomic E-state index is 10.3. The van der Waals surface area contributed by atoms with E-state index in [1.165, 1.54) is 0 Å². The maximum Gasteiger partial charge on any atom is 0.303 e. The first kappa shape index (κ1) is 14.5. The molecule has 0 atom stereocenters. The van der Waals surface area contributed by atoms with Crippen LogP contribution in [0.4, 0.5) is 0 Å². The summed E-state index contributed by atoms with van der Waals surface area (Å²) in [6.07, 6.45) is 2.71. The Morgan fingerprint density at radius 1 is 1.28 bits per heavy atom. The minimum Gasteiger partial charge on any atom is -0.494 e. The highest BCUT2D eigenvalue weighted by atomic mass is 16.5. The van der Waals surface area contributed by atoms with Gasteiger partial charge in [0.15, 0.2) is 0 Å². The van der Waals surface area contributed by atoms with Crippen LogP contribution in [0.25, 0.3) is 0 Å². The van der Waals surface area contributed by atoms with Crippen molar-refractivity contribution < 1.29 is 19.4 Å². The molecule has 0 saturated carbocycles. The molecule has 4 nitrogen and oxygen atoms in total. The summed E-state index contributed by atoms with van der Waals surface area (Å²) in [5, 5.41) is 8.49. The molecule has 0 amide bonds. The van der Waals surface area contributed by atoms with Gasteiger partial charge in [-0.1, -0.05) is 12.1 Å². The van der Waals surface area contributed by atoms with Crippen LogP contribution in [-0.2, 0) is 16.1 Å². The number of ether oxygens (including phenoxy) is 2. The summed E-state index contributed by atoms with van der Waals surface area (Å²) in [5.74, 6) is 0.103. The van der Waals surface area contributed by atoms with E-state index in [-0.39, 0.29) is 6.42 Å². The number of unbranched alkanes of at least 4 members (excludes halogenated alkanes) is 2. The third kappa shape index (κ3) is 6.25. The van der Waals surface area contributed by atoms with Crippen LogP contribution in [0.1, 0.15) is 31.2 Å². The molecule has 0 aliphatic carbocycles. The summed E-state index contributed by atoms with van der Waals surface area (Å²) in [4.78, 5) is 10.3. The lowest BCUT2D eigenvalue weighted by molar-refractivity contribution is -0.137. The lowest BCUT2D eigenvalue weighted by atomic mass is 10.2. The molecule has 0 radical (unpaired) electrons. The predicted octanol–water partition coefficient (Wildman–Crippen LogP) is 2.86. The van der Waals surface area contributed by atoms with Crippen molar-refractivity contribution in [1.29, 1.82) is 0 Å². The molecule has 0 saturated heterocycles.